The number of rotatable bonds is 8. The van der Waals surface area contributed by atoms with Gasteiger partial charge in [0.15, 0.2) is 11.5 Å². The molecule has 0 saturated carbocycles. The average molecular weight is 400 g/mol. The molecule has 0 aliphatic carbocycles. The van der Waals surface area contributed by atoms with Gasteiger partial charge in [-0.1, -0.05) is 6.07 Å². The fourth-order valence-electron chi connectivity index (χ4n) is 2.15. The van der Waals surface area contributed by atoms with Gasteiger partial charge in [-0.3, -0.25) is 4.72 Å². The standard InChI is InChI=1S/C16H20N2O6S2/c1-3-23-15-9-8-14(11-16(15)24-4-2)26(21,22)18-12-6-5-7-13(10-12)25(17,19)20/h5-11,18H,3-4H2,1-2H3,(H2,17,19,20). The van der Waals surface area contributed by atoms with E-state index in [9.17, 15) is 16.8 Å². The van der Waals surface area contributed by atoms with E-state index in [0.717, 1.165) is 6.07 Å². The Labute approximate surface area is 153 Å². The number of hydrogen-bond acceptors (Lipinski definition) is 6. The van der Waals surface area contributed by atoms with Gasteiger partial charge in [0.2, 0.25) is 10.0 Å². The summed E-state index contributed by atoms with van der Waals surface area (Å²) in [5.41, 5.74) is 0.0726. The molecule has 0 amide bonds. The number of anilines is 1. The number of ether oxygens (including phenoxy) is 2. The summed E-state index contributed by atoms with van der Waals surface area (Å²) < 4.78 is 61.2. The van der Waals surface area contributed by atoms with Crippen molar-refractivity contribution in [3.63, 3.8) is 0 Å². The number of nitrogens with one attached hydrogen (secondary N) is 1. The molecular weight excluding hydrogens is 380 g/mol. The zero-order valence-corrected chi connectivity index (χ0v) is 15.9. The van der Waals surface area contributed by atoms with Crippen molar-refractivity contribution in [3.05, 3.63) is 42.5 Å². The van der Waals surface area contributed by atoms with Crippen LogP contribution >= 0.6 is 0 Å². The first-order valence-electron chi connectivity index (χ1n) is 7.72. The highest BCUT2D eigenvalue weighted by Gasteiger charge is 2.18. The molecule has 0 atom stereocenters. The van der Waals surface area contributed by atoms with Crippen molar-refractivity contribution < 1.29 is 26.3 Å². The largest absolute Gasteiger partial charge is 0.490 e. The summed E-state index contributed by atoms with van der Waals surface area (Å²) in [6, 6.07) is 9.46. The van der Waals surface area contributed by atoms with Crippen LogP contribution in [0, 0.1) is 0 Å². The fourth-order valence-corrected chi connectivity index (χ4v) is 3.77. The Morgan fingerprint density at radius 1 is 0.885 bits per heavy atom. The second-order valence-corrected chi connectivity index (χ2v) is 8.40. The summed E-state index contributed by atoms with van der Waals surface area (Å²) in [7, 11) is -7.91. The van der Waals surface area contributed by atoms with Crippen LogP contribution in [0.2, 0.25) is 0 Å². The summed E-state index contributed by atoms with van der Waals surface area (Å²) in [4.78, 5) is -0.246. The van der Waals surface area contributed by atoms with Crippen molar-refractivity contribution >= 4 is 25.7 Å². The minimum Gasteiger partial charge on any atom is -0.490 e. The van der Waals surface area contributed by atoms with Gasteiger partial charge in [0.25, 0.3) is 10.0 Å². The van der Waals surface area contributed by atoms with Gasteiger partial charge in [0.05, 0.1) is 28.7 Å². The maximum absolute atomic E-state index is 12.6. The Hall–Kier alpha value is -2.30. The molecule has 0 radical (unpaired) electrons. The van der Waals surface area contributed by atoms with E-state index in [0.29, 0.717) is 24.7 Å². The van der Waals surface area contributed by atoms with E-state index in [2.05, 4.69) is 4.72 Å². The zero-order valence-electron chi connectivity index (χ0n) is 14.3. The molecule has 0 bridgehead atoms. The first-order chi connectivity index (χ1) is 12.2. The first kappa shape index (κ1) is 20.0. The number of hydrogen-bond donors (Lipinski definition) is 2. The van der Waals surface area contributed by atoms with Crippen molar-refractivity contribution in [3.8, 4) is 11.5 Å². The second-order valence-electron chi connectivity index (χ2n) is 5.15. The molecular formula is C16H20N2O6S2. The third-order valence-corrected chi connectivity index (χ3v) is 5.53. The summed E-state index contributed by atoms with van der Waals surface area (Å²) in [6.45, 7) is 4.33. The van der Waals surface area contributed by atoms with Crippen LogP contribution in [-0.4, -0.2) is 30.0 Å². The summed E-state index contributed by atoms with van der Waals surface area (Å²) >= 11 is 0. The van der Waals surface area contributed by atoms with Crippen molar-refractivity contribution in [2.24, 2.45) is 5.14 Å². The lowest BCUT2D eigenvalue weighted by molar-refractivity contribution is 0.287. The van der Waals surface area contributed by atoms with Crippen molar-refractivity contribution in [1.82, 2.24) is 0 Å². The number of primary sulfonamides is 1. The normalized spacial score (nSPS) is 11.8. The van der Waals surface area contributed by atoms with Crippen LogP contribution < -0.4 is 19.3 Å². The molecule has 0 heterocycles. The monoisotopic (exact) mass is 400 g/mol. The van der Waals surface area contributed by atoms with Crippen LogP contribution in [0.1, 0.15) is 13.8 Å². The molecule has 142 valence electrons. The molecule has 0 aliphatic heterocycles. The molecule has 2 aromatic rings. The van der Waals surface area contributed by atoms with Crippen LogP contribution in [0.25, 0.3) is 0 Å². The van der Waals surface area contributed by atoms with Crippen molar-refractivity contribution in [2.75, 3.05) is 17.9 Å². The van der Waals surface area contributed by atoms with Crippen molar-refractivity contribution in [2.45, 2.75) is 23.6 Å². The lowest BCUT2D eigenvalue weighted by atomic mass is 10.3. The van der Waals surface area contributed by atoms with E-state index in [1.807, 2.05) is 0 Å². The minimum absolute atomic E-state index is 0.0505. The molecule has 10 heteroatoms. The SMILES string of the molecule is CCOc1ccc(S(=O)(=O)Nc2cccc(S(N)(=O)=O)c2)cc1OCC. The van der Waals surface area contributed by atoms with Gasteiger partial charge in [-0.15, -0.1) is 0 Å². The summed E-state index contributed by atoms with van der Waals surface area (Å²) in [5.74, 6) is 0.736. The predicted molar refractivity (Wildman–Crippen MR) is 97.4 cm³/mol. The van der Waals surface area contributed by atoms with Crippen LogP contribution in [-0.2, 0) is 20.0 Å². The van der Waals surface area contributed by atoms with Gasteiger partial charge >= 0.3 is 0 Å². The molecule has 0 aromatic heterocycles. The topological polar surface area (TPSA) is 125 Å². The third kappa shape index (κ3) is 4.87. The molecule has 0 unspecified atom stereocenters. The molecule has 2 aromatic carbocycles. The number of nitrogens with two attached hydrogens (primary N) is 1. The molecule has 26 heavy (non-hydrogen) atoms. The van der Waals surface area contributed by atoms with Gasteiger partial charge in [-0.2, -0.15) is 0 Å². The number of benzene rings is 2. The van der Waals surface area contributed by atoms with E-state index in [4.69, 9.17) is 14.6 Å². The Kier molecular flexibility index (Phi) is 6.11. The van der Waals surface area contributed by atoms with E-state index in [-0.39, 0.29) is 15.5 Å². The molecule has 0 aliphatic rings. The van der Waals surface area contributed by atoms with Crippen molar-refractivity contribution in [1.29, 1.82) is 0 Å². The highest BCUT2D eigenvalue weighted by molar-refractivity contribution is 7.92. The third-order valence-electron chi connectivity index (χ3n) is 3.24. The first-order valence-corrected chi connectivity index (χ1v) is 10.8. The smallest absolute Gasteiger partial charge is 0.262 e. The van der Waals surface area contributed by atoms with E-state index >= 15 is 0 Å². The van der Waals surface area contributed by atoms with E-state index in [1.54, 1.807) is 13.8 Å². The lowest BCUT2D eigenvalue weighted by Crippen LogP contribution is -2.15. The van der Waals surface area contributed by atoms with Crippen LogP contribution in [0.5, 0.6) is 11.5 Å². The highest BCUT2D eigenvalue weighted by atomic mass is 32.2. The van der Waals surface area contributed by atoms with Gasteiger partial charge < -0.3 is 9.47 Å². The highest BCUT2D eigenvalue weighted by Crippen LogP contribution is 2.31. The Bertz CT molecular complexity index is 988. The maximum atomic E-state index is 12.6. The molecule has 3 N–H and O–H groups in total. The van der Waals surface area contributed by atoms with Gasteiger partial charge in [-0.05, 0) is 44.2 Å². The lowest BCUT2D eigenvalue weighted by Gasteiger charge is -2.13. The Morgan fingerprint density at radius 3 is 2.15 bits per heavy atom. The Morgan fingerprint density at radius 2 is 1.54 bits per heavy atom. The van der Waals surface area contributed by atoms with E-state index < -0.39 is 20.0 Å². The van der Waals surface area contributed by atoms with E-state index in [1.165, 1.54) is 36.4 Å². The molecule has 0 fully saturated rings. The Balaban J connectivity index is 2.37. The van der Waals surface area contributed by atoms with Crippen LogP contribution in [0.15, 0.2) is 52.3 Å². The summed E-state index contributed by atoms with van der Waals surface area (Å²) in [6.07, 6.45) is 0. The minimum atomic E-state index is -3.97. The fraction of sp³-hybridized carbons (Fsp3) is 0.250. The van der Waals surface area contributed by atoms with Crippen LogP contribution in [0.3, 0.4) is 0 Å². The molecule has 2 rings (SSSR count). The van der Waals surface area contributed by atoms with Gasteiger partial charge in [-0.25, -0.2) is 22.0 Å². The maximum Gasteiger partial charge on any atom is 0.262 e. The molecule has 0 saturated heterocycles. The number of sulfonamides is 2. The van der Waals surface area contributed by atoms with Crippen LogP contribution in [0.4, 0.5) is 5.69 Å². The van der Waals surface area contributed by atoms with Gasteiger partial charge in [0.1, 0.15) is 0 Å². The quantitative estimate of drug-likeness (QED) is 0.697. The molecule has 8 nitrogen and oxygen atoms in total. The molecule has 0 spiro atoms. The summed E-state index contributed by atoms with van der Waals surface area (Å²) in [5, 5.41) is 5.06. The average Bonchev–Trinajstić information content (AvgIpc) is 2.56. The second kappa shape index (κ2) is 7.94. The van der Waals surface area contributed by atoms with Gasteiger partial charge in [0, 0.05) is 6.07 Å². The predicted octanol–water partition coefficient (Wildman–Crippen LogP) is 1.93. The zero-order chi connectivity index (χ0) is 19.4.